The lowest BCUT2D eigenvalue weighted by Gasteiger charge is -2.29. The molecule has 0 saturated heterocycles. The predicted molar refractivity (Wildman–Crippen MR) is 101 cm³/mol. The molecule has 1 saturated carbocycles. The standard InChI is InChI=1S/C22H24FNO3/c1-2-8-21(27-16-17-9-3-6-13-20(17)23)22(25)24(18-10-4-5-11-18)15-19-12-7-14-26-19/h2-3,6-9,12-14,18H,1,4-5,10-11,15-16H2/b21-8-. The summed E-state index contributed by atoms with van der Waals surface area (Å²) in [5.74, 6) is 0.301. The van der Waals surface area contributed by atoms with E-state index in [1.807, 2.05) is 12.1 Å². The van der Waals surface area contributed by atoms with Gasteiger partial charge in [0, 0.05) is 11.6 Å². The fraction of sp³-hybridized carbons (Fsp3) is 0.318. The van der Waals surface area contributed by atoms with Crippen molar-refractivity contribution in [1.82, 2.24) is 4.90 Å². The van der Waals surface area contributed by atoms with E-state index in [1.165, 1.54) is 18.2 Å². The molecule has 0 atom stereocenters. The van der Waals surface area contributed by atoms with Gasteiger partial charge in [-0.05, 0) is 37.1 Å². The summed E-state index contributed by atoms with van der Waals surface area (Å²) in [6.07, 6.45) is 8.76. The quantitative estimate of drug-likeness (QED) is 0.375. The first-order chi connectivity index (χ1) is 13.2. The van der Waals surface area contributed by atoms with Crippen LogP contribution in [0.3, 0.4) is 0 Å². The van der Waals surface area contributed by atoms with E-state index in [9.17, 15) is 9.18 Å². The summed E-state index contributed by atoms with van der Waals surface area (Å²) in [6.45, 7) is 4.03. The van der Waals surface area contributed by atoms with Crippen LogP contribution in [0, 0.1) is 5.82 Å². The minimum absolute atomic E-state index is 0.0165. The van der Waals surface area contributed by atoms with Gasteiger partial charge in [-0.25, -0.2) is 4.39 Å². The average Bonchev–Trinajstić information content (AvgIpc) is 3.37. The summed E-state index contributed by atoms with van der Waals surface area (Å²) < 4.78 is 25.0. The maximum Gasteiger partial charge on any atom is 0.289 e. The zero-order chi connectivity index (χ0) is 19.1. The van der Waals surface area contributed by atoms with Crippen LogP contribution in [0.4, 0.5) is 4.39 Å². The molecule has 0 bridgehead atoms. The Morgan fingerprint density at radius 3 is 2.70 bits per heavy atom. The molecule has 3 rings (SSSR count). The van der Waals surface area contributed by atoms with Gasteiger partial charge in [0.1, 0.15) is 18.2 Å². The minimum Gasteiger partial charge on any atom is -0.483 e. The van der Waals surface area contributed by atoms with Gasteiger partial charge >= 0.3 is 0 Å². The minimum atomic E-state index is -0.355. The third-order valence-electron chi connectivity index (χ3n) is 4.75. The van der Waals surface area contributed by atoms with E-state index in [2.05, 4.69) is 6.58 Å². The molecule has 0 unspecified atom stereocenters. The van der Waals surface area contributed by atoms with Gasteiger partial charge in [0.05, 0.1) is 12.8 Å². The van der Waals surface area contributed by atoms with Crippen molar-refractivity contribution in [2.45, 2.75) is 44.9 Å². The topological polar surface area (TPSA) is 42.7 Å². The Hall–Kier alpha value is -2.82. The van der Waals surface area contributed by atoms with Crippen LogP contribution in [-0.2, 0) is 22.7 Å². The molecule has 142 valence electrons. The van der Waals surface area contributed by atoms with Crippen LogP contribution < -0.4 is 0 Å². The Morgan fingerprint density at radius 1 is 1.26 bits per heavy atom. The maximum absolute atomic E-state index is 13.9. The Morgan fingerprint density at radius 2 is 2.04 bits per heavy atom. The third kappa shape index (κ3) is 4.88. The van der Waals surface area contributed by atoms with Crippen molar-refractivity contribution in [3.8, 4) is 0 Å². The summed E-state index contributed by atoms with van der Waals surface area (Å²) in [7, 11) is 0. The van der Waals surface area contributed by atoms with Crippen molar-refractivity contribution in [2.24, 2.45) is 0 Å². The summed E-state index contributed by atoms with van der Waals surface area (Å²) >= 11 is 0. The second-order valence-electron chi connectivity index (χ2n) is 6.60. The second kappa shape index (κ2) is 9.21. The van der Waals surface area contributed by atoms with Crippen LogP contribution in [0.25, 0.3) is 0 Å². The van der Waals surface area contributed by atoms with E-state index in [0.717, 1.165) is 31.4 Å². The fourth-order valence-corrected chi connectivity index (χ4v) is 3.35. The lowest BCUT2D eigenvalue weighted by molar-refractivity contribution is -0.134. The number of rotatable bonds is 8. The Bertz CT molecular complexity index is 792. The van der Waals surface area contributed by atoms with Crippen LogP contribution in [0.1, 0.15) is 37.0 Å². The van der Waals surface area contributed by atoms with E-state index in [-0.39, 0.29) is 30.1 Å². The van der Waals surface area contributed by atoms with Crippen molar-refractivity contribution < 1.29 is 18.3 Å². The molecule has 1 fully saturated rings. The number of benzene rings is 1. The summed E-state index contributed by atoms with van der Waals surface area (Å²) in [5.41, 5.74) is 0.402. The number of hydrogen-bond acceptors (Lipinski definition) is 3. The van der Waals surface area contributed by atoms with Crippen LogP contribution >= 0.6 is 0 Å². The smallest absolute Gasteiger partial charge is 0.289 e. The fourth-order valence-electron chi connectivity index (χ4n) is 3.35. The van der Waals surface area contributed by atoms with Gasteiger partial charge < -0.3 is 14.1 Å². The van der Waals surface area contributed by atoms with Crippen LogP contribution in [0.15, 0.2) is 71.6 Å². The first-order valence-corrected chi connectivity index (χ1v) is 9.21. The molecule has 1 aromatic heterocycles. The van der Waals surface area contributed by atoms with Crippen molar-refractivity contribution in [3.05, 3.63) is 84.3 Å². The number of carbonyl (C=O) groups excluding carboxylic acids is 1. The molecule has 2 aromatic rings. The first kappa shape index (κ1) is 19.0. The summed E-state index contributed by atoms with van der Waals surface area (Å²) in [4.78, 5) is 15.0. The van der Waals surface area contributed by atoms with Gasteiger partial charge in [-0.2, -0.15) is 0 Å². The number of allylic oxidation sites excluding steroid dienone is 2. The van der Waals surface area contributed by atoms with Crippen molar-refractivity contribution in [1.29, 1.82) is 0 Å². The Kier molecular flexibility index (Phi) is 6.47. The van der Waals surface area contributed by atoms with E-state index < -0.39 is 0 Å². The highest BCUT2D eigenvalue weighted by Gasteiger charge is 2.30. The van der Waals surface area contributed by atoms with Crippen molar-refractivity contribution >= 4 is 5.91 Å². The molecule has 1 aliphatic carbocycles. The summed E-state index contributed by atoms with van der Waals surface area (Å²) in [6, 6.07) is 10.2. The number of hydrogen-bond donors (Lipinski definition) is 0. The molecule has 0 spiro atoms. The van der Waals surface area contributed by atoms with Gasteiger partial charge in [-0.3, -0.25) is 4.79 Å². The lowest BCUT2D eigenvalue weighted by atomic mass is 10.2. The lowest BCUT2D eigenvalue weighted by Crippen LogP contribution is -2.39. The zero-order valence-electron chi connectivity index (χ0n) is 15.3. The number of furan rings is 1. The first-order valence-electron chi connectivity index (χ1n) is 9.21. The molecule has 0 aliphatic heterocycles. The number of amides is 1. The normalized spacial score (nSPS) is 14.9. The molecule has 0 N–H and O–H groups in total. The van der Waals surface area contributed by atoms with E-state index >= 15 is 0 Å². The molecular weight excluding hydrogens is 345 g/mol. The SMILES string of the molecule is C=C/C=C(\OCc1ccccc1F)C(=O)N(Cc1ccco1)C1CCCC1. The van der Waals surface area contributed by atoms with E-state index in [0.29, 0.717) is 12.1 Å². The van der Waals surface area contributed by atoms with E-state index in [4.69, 9.17) is 9.15 Å². The highest BCUT2D eigenvalue weighted by atomic mass is 19.1. The molecule has 0 radical (unpaired) electrons. The highest BCUT2D eigenvalue weighted by Crippen LogP contribution is 2.27. The van der Waals surface area contributed by atoms with Crippen molar-refractivity contribution in [2.75, 3.05) is 0 Å². The molecular formula is C22H24FNO3. The number of halogens is 1. The largest absolute Gasteiger partial charge is 0.483 e. The number of ether oxygens (including phenoxy) is 1. The third-order valence-corrected chi connectivity index (χ3v) is 4.75. The molecule has 5 heteroatoms. The molecule has 1 heterocycles. The second-order valence-corrected chi connectivity index (χ2v) is 6.60. The van der Waals surface area contributed by atoms with Gasteiger partial charge in [0.25, 0.3) is 5.91 Å². The maximum atomic E-state index is 13.9. The zero-order valence-corrected chi connectivity index (χ0v) is 15.3. The molecule has 1 aromatic carbocycles. The van der Waals surface area contributed by atoms with Gasteiger partial charge in [-0.15, -0.1) is 0 Å². The predicted octanol–water partition coefficient (Wildman–Crippen LogP) is 4.98. The van der Waals surface area contributed by atoms with E-state index in [1.54, 1.807) is 29.4 Å². The molecule has 1 aliphatic rings. The highest BCUT2D eigenvalue weighted by molar-refractivity contribution is 5.92. The van der Waals surface area contributed by atoms with Gasteiger partial charge in [0.2, 0.25) is 0 Å². The molecule has 27 heavy (non-hydrogen) atoms. The molecule has 1 amide bonds. The van der Waals surface area contributed by atoms with Crippen molar-refractivity contribution in [3.63, 3.8) is 0 Å². The summed E-state index contributed by atoms with van der Waals surface area (Å²) in [5, 5.41) is 0. The van der Waals surface area contributed by atoms with Crippen LogP contribution in [0.2, 0.25) is 0 Å². The van der Waals surface area contributed by atoms with Gasteiger partial charge in [-0.1, -0.05) is 43.7 Å². The number of nitrogens with zero attached hydrogens (tertiary/aromatic N) is 1. The Labute approximate surface area is 158 Å². The average molecular weight is 369 g/mol. The van der Waals surface area contributed by atoms with Crippen LogP contribution in [-0.4, -0.2) is 16.8 Å². The van der Waals surface area contributed by atoms with Crippen LogP contribution in [0.5, 0.6) is 0 Å². The number of carbonyl (C=O) groups is 1. The Balaban J connectivity index is 1.76. The van der Waals surface area contributed by atoms with Gasteiger partial charge in [0.15, 0.2) is 5.76 Å². The molecule has 4 nitrogen and oxygen atoms in total. The monoisotopic (exact) mass is 369 g/mol.